The van der Waals surface area contributed by atoms with Crippen LogP contribution in [0.3, 0.4) is 0 Å². The van der Waals surface area contributed by atoms with Gasteiger partial charge in [0, 0.05) is 13.1 Å². The highest BCUT2D eigenvalue weighted by Crippen LogP contribution is 2.30. The van der Waals surface area contributed by atoms with Crippen molar-refractivity contribution in [2.24, 2.45) is 0 Å². The summed E-state index contributed by atoms with van der Waals surface area (Å²) in [4.78, 5) is 4.51. The molecule has 2 aliphatic rings. The number of nitrogens with one attached hydrogen (secondary N) is 2. The second-order valence-corrected chi connectivity index (χ2v) is 7.98. The third-order valence-corrected chi connectivity index (χ3v) is 5.77. The van der Waals surface area contributed by atoms with Crippen molar-refractivity contribution >= 4 is 11.6 Å². The van der Waals surface area contributed by atoms with E-state index in [9.17, 15) is 15.5 Å². The summed E-state index contributed by atoms with van der Waals surface area (Å²) in [5.41, 5.74) is -0.919. The fourth-order valence-corrected chi connectivity index (χ4v) is 4.06. The highest BCUT2D eigenvalue weighted by molar-refractivity contribution is 5.57. The Morgan fingerprint density at radius 1 is 0.885 bits per heavy atom. The number of anilines is 2. The van der Waals surface area contributed by atoms with Crippen LogP contribution in [-0.2, 0) is 0 Å². The predicted molar refractivity (Wildman–Crippen MR) is 102 cm³/mol. The highest BCUT2D eigenvalue weighted by atomic mass is 16.3. The Kier molecular flexibility index (Phi) is 6.00. The molecule has 1 heterocycles. The first kappa shape index (κ1) is 18.9. The first-order chi connectivity index (χ1) is 12.5. The van der Waals surface area contributed by atoms with Crippen LogP contribution in [0, 0.1) is 11.3 Å². The van der Waals surface area contributed by atoms with Gasteiger partial charge in [-0.1, -0.05) is 38.5 Å². The number of rotatable bonds is 6. The summed E-state index contributed by atoms with van der Waals surface area (Å²) in [5, 5.41) is 37.0. The van der Waals surface area contributed by atoms with Crippen LogP contribution in [0.1, 0.15) is 69.8 Å². The Morgan fingerprint density at radius 2 is 1.42 bits per heavy atom. The normalized spacial score (nSPS) is 21.6. The minimum atomic E-state index is -0.715. The number of hydrogen-bond donors (Lipinski definition) is 4. The molecule has 0 spiro atoms. The average molecular weight is 358 g/mol. The Balaban J connectivity index is 1.63. The molecule has 0 saturated heterocycles. The zero-order chi connectivity index (χ0) is 18.5. The Labute approximate surface area is 155 Å². The maximum Gasteiger partial charge on any atom is 0.146 e. The lowest BCUT2D eigenvalue weighted by molar-refractivity contribution is 0.0164. The SMILES string of the molecule is N#Cc1ccc(NCC2(O)CCCCC2)nc1NCC1(O)CCCCC1. The van der Waals surface area contributed by atoms with Gasteiger partial charge in [0.25, 0.3) is 0 Å². The molecule has 3 rings (SSSR count). The molecule has 2 fully saturated rings. The zero-order valence-corrected chi connectivity index (χ0v) is 15.4. The summed E-state index contributed by atoms with van der Waals surface area (Å²) in [7, 11) is 0. The Hall–Kier alpha value is -1.84. The van der Waals surface area contributed by atoms with E-state index < -0.39 is 11.2 Å². The standard InChI is InChI=1S/C20H30N4O2/c21-13-16-7-8-17(22-14-19(25)9-3-1-4-10-19)24-18(16)23-15-20(26)11-5-2-6-12-20/h7-8,25-26H,1-6,9-12,14-15H2,(H2,22,23,24). The summed E-state index contributed by atoms with van der Waals surface area (Å²) in [6.45, 7) is 0.872. The molecule has 26 heavy (non-hydrogen) atoms. The van der Waals surface area contributed by atoms with Gasteiger partial charge in [0.1, 0.15) is 17.7 Å². The van der Waals surface area contributed by atoms with E-state index in [1.54, 1.807) is 12.1 Å². The fraction of sp³-hybridized carbons (Fsp3) is 0.700. The monoisotopic (exact) mass is 358 g/mol. The summed E-state index contributed by atoms with van der Waals surface area (Å²) >= 11 is 0. The molecular formula is C20H30N4O2. The molecule has 6 heteroatoms. The van der Waals surface area contributed by atoms with Crippen molar-refractivity contribution in [3.63, 3.8) is 0 Å². The lowest BCUT2D eigenvalue weighted by Gasteiger charge is -2.33. The minimum Gasteiger partial charge on any atom is -0.388 e. The fourth-order valence-electron chi connectivity index (χ4n) is 4.06. The average Bonchev–Trinajstić information content (AvgIpc) is 2.66. The molecule has 1 aromatic rings. The molecule has 1 aromatic heterocycles. The van der Waals surface area contributed by atoms with Crippen molar-refractivity contribution in [2.75, 3.05) is 23.7 Å². The summed E-state index contributed by atoms with van der Waals surface area (Å²) in [6, 6.07) is 5.65. The van der Waals surface area contributed by atoms with Crippen molar-refractivity contribution < 1.29 is 10.2 Å². The van der Waals surface area contributed by atoms with Crippen LogP contribution >= 0.6 is 0 Å². The Morgan fingerprint density at radius 3 is 1.96 bits per heavy atom. The number of nitriles is 1. The van der Waals surface area contributed by atoms with Gasteiger partial charge in [0.2, 0.25) is 0 Å². The molecule has 6 nitrogen and oxygen atoms in total. The lowest BCUT2D eigenvalue weighted by atomic mass is 9.85. The predicted octanol–water partition coefficient (Wildman–Crippen LogP) is 3.17. The first-order valence-corrected chi connectivity index (χ1v) is 9.86. The smallest absolute Gasteiger partial charge is 0.146 e. The third kappa shape index (κ3) is 4.87. The molecule has 0 unspecified atom stereocenters. The zero-order valence-electron chi connectivity index (χ0n) is 15.4. The van der Waals surface area contributed by atoms with E-state index >= 15 is 0 Å². The quantitative estimate of drug-likeness (QED) is 0.623. The second kappa shape index (κ2) is 8.24. The van der Waals surface area contributed by atoms with E-state index in [4.69, 9.17) is 0 Å². The molecule has 0 atom stereocenters. The van der Waals surface area contributed by atoms with Crippen LogP contribution in [0.25, 0.3) is 0 Å². The van der Waals surface area contributed by atoms with E-state index in [0.29, 0.717) is 30.3 Å². The largest absolute Gasteiger partial charge is 0.388 e. The topological polar surface area (TPSA) is 101 Å². The van der Waals surface area contributed by atoms with Gasteiger partial charge < -0.3 is 20.8 Å². The van der Waals surface area contributed by atoms with E-state index in [1.165, 1.54) is 12.8 Å². The van der Waals surface area contributed by atoms with E-state index in [0.717, 1.165) is 51.4 Å². The van der Waals surface area contributed by atoms with Crippen LogP contribution in [0.15, 0.2) is 12.1 Å². The Bertz CT molecular complexity index is 644. The molecular weight excluding hydrogens is 328 g/mol. The maximum atomic E-state index is 10.7. The van der Waals surface area contributed by atoms with Crippen LogP contribution < -0.4 is 10.6 Å². The van der Waals surface area contributed by atoms with Crippen molar-refractivity contribution in [1.29, 1.82) is 5.26 Å². The number of pyridine rings is 1. The number of aromatic nitrogens is 1. The van der Waals surface area contributed by atoms with Crippen LogP contribution in [0.5, 0.6) is 0 Å². The van der Waals surface area contributed by atoms with Crippen molar-refractivity contribution in [1.82, 2.24) is 4.98 Å². The molecule has 0 aliphatic heterocycles. The lowest BCUT2D eigenvalue weighted by Crippen LogP contribution is -2.39. The van der Waals surface area contributed by atoms with E-state index in [2.05, 4.69) is 21.7 Å². The molecule has 2 saturated carbocycles. The molecule has 2 aliphatic carbocycles. The maximum absolute atomic E-state index is 10.7. The van der Waals surface area contributed by atoms with E-state index in [-0.39, 0.29) is 0 Å². The van der Waals surface area contributed by atoms with Gasteiger partial charge in [-0.15, -0.1) is 0 Å². The van der Waals surface area contributed by atoms with Gasteiger partial charge in [-0.25, -0.2) is 4.98 Å². The van der Waals surface area contributed by atoms with Gasteiger partial charge in [-0.2, -0.15) is 5.26 Å². The van der Waals surface area contributed by atoms with Gasteiger partial charge in [0.05, 0.1) is 16.8 Å². The summed E-state index contributed by atoms with van der Waals surface area (Å²) in [5.74, 6) is 1.13. The molecule has 0 amide bonds. The highest BCUT2D eigenvalue weighted by Gasteiger charge is 2.30. The number of nitrogens with zero attached hydrogens (tertiary/aromatic N) is 2. The third-order valence-electron chi connectivity index (χ3n) is 5.77. The van der Waals surface area contributed by atoms with Crippen LogP contribution in [0.2, 0.25) is 0 Å². The summed E-state index contributed by atoms with van der Waals surface area (Å²) < 4.78 is 0. The van der Waals surface area contributed by atoms with E-state index in [1.807, 2.05) is 0 Å². The van der Waals surface area contributed by atoms with Gasteiger partial charge in [0.15, 0.2) is 0 Å². The molecule has 4 N–H and O–H groups in total. The van der Waals surface area contributed by atoms with Gasteiger partial charge in [-0.3, -0.25) is 0 Å². The molecule has 0 aromatic carbocycles. The van der Waals surface area contributed by atoms with Crippen molar-refractivity contribution in [3.05, 3.63) is 17.7 Å². The number of hydrogen-bond acceptors (Lipinski definition) is 6. The van der Waals surface area contributed by atoms with Gasteiger partial charge >= 0.3 is 0 Å². The van der Waals surface area contributed by atoms with Crippen LogP contribution in [-0.4, -0.2) is 39.5 Å². The van der Waals surface area contributed by atoms with Gasteiger partial charge in [-0.05, 0) is 37.8 Å². The molecule has 142 valence electrons. The summed E-state index contributed by atoms with van der Waals surface area (Å²) in [6.07, 6.45) is 9.76. The minimum absolute atomic E-state index is 0.405. The van der Waals surface area contributed by atoms with Crippen molar-refractivity contribution in [2.45, 2.75) is 75.4 Å². The molecule has 0 radical (unpaired) electrons. The molecule has 0 bridgehead atoms. The number of aliphatic hydroxyl groups is 2. The van der Waals surface area contributed by atoms with Crippen LogP contribution in [0.4, 0.5) is 11.6 Å². The second-order valence-electron chi connectivity index (χ2n) is 7.98. The van der Waals surface area contributed by atoms with Crippen molar-refractivity contribution in [3.8, 4) is 6.07 Å². The first-order valence-electron chi connectivity index (χ1n) is 9.86.